The number of hydrogen-bond acceptors (Lipinski definition) is 2. The van der Waals surface area contributed by atoms with Gasteiger partial charge in [0.25, 0.3) is 0 Å². The number of fused-ring (bicyclic) bond motifs is 5. The molecule has 3 fully saturated rings. The van der Waals surface area contributed by atoms with Gasteiger partial charge in [0.2, 0.25) is 0 Å². The molecule has 0 N–H and O–H groups in total. The van der Waals surface area contributed by atoms with E-state index < -0.39 is 0 Å². The third-order valence-corrected chi connectivity index (χ3v) is 4.49. The Balaban J connectivity index is 2.06. The van der Waals surface area contributed by atoms with Crippen molar-refractivity contribution in [1.82, 2.24) is 0 Å². The Kier molecular flexibility index (Phi) is 1.07. The molecular formula is C10H14O2. The van der Waals surface area contributed by atoms with Gasteiger partial charge in [0.1, 0.15) is 0 Å². The first kappa shape index (κ1) is 6.93. The van der Waals surface area contributed by atoms with Crippen LogP contribution in [0, 0.1) is 23.2 Å². The Morgan fingerprint density at radius 1 is 1.50 bits per heavy atom. The van der Waals surface area contributed by atoms with E-state index in [0.717, 1.165) is 5.92 Å². The molecule has 1 aliphatic heterocycles. The molecule has 12 heavy (non-hydrogen) atoms. The summed E-state index contributed by atoms with van der Waals surface area (Å²) in [6.07, 6.45) is 3.88. The van der Waals surface area contributed by atoms with E-state index in [1.165, 1.54) is 19.3 Å². The van der Waals surface area contributed by atoms with Crippen LogP contribution in [0.5, 0.6) is 0 Å². The second-order valence-electron chi connectivity index (χ2n) is 4.76. The lowest BCUT2D eigenvalue weighted by molar-refractivity contribution is -0.147. The van der Waals surface area contributed by atoms with Crippen LogP contribution in [0.25, 0.3) is 0 Å². The Hall–Kier alpha value is -0.530. The van der Waals surface area contributed by atoms with Gasteiger partial charge < -0.3 is 4.74 Å². The SMILES string of the molecule is CC12C(=O)OCC1C1CCC2C1. The topological polar surface area (TPSA) is 26.3 Å². The first-order valence-corrected chi connectivity index (χ1v) is 4.90. The van der Waals surface area contributed by atoms with Crippen LogP contribution in [0.1, 0.15) is 26.2 Å². The van der Waals surface area contributed by atoms with E-state index in [0.29, 0.717) is 18.4 Å². The average molecular weight is 166 g/mol. The Labute approximate surface area is 72.3 Å². The fourth-order valence-corrected chi connectivity index (χ4v) is 3.67. The molecule has 4 unspecified atom stereocenters. The Morgan fingerprint density at radius 2 is 2.33 bits per heavy atom. The second-order valence-corrected chi connectivity index (χ2v) is 4.76. The maximum absolute atomic E-state index is 11.5. The number of ether oxygens (including phenoxy) is 1. The van der Waals surface area contributed by atoms with Gasteiger partial charge in [0.15, 0.2) is 0 Å². The van der Waals surface area contributed by atoms with Crippen LogP contribution in [0.4, 0.5) is 0 Å². The number of carbonyl (C=O) groups is 1. The highest BCUT2D eigenvalue weighted by Gasteiger charge is 2.63. The molecule has 2 saturated carbocycles. The first-order valence-electron chi connectivity index (χ1n) is 4.90. The van der Waals surface area contributed by atoms with E-state index >= 15 is 0 Å². The molecule has 2 heteroatoms. The summed E-state index contributed by atoms with van der Waals surface area (Å²) in [6, 6.07) is 0. The molecule has 3 rings (SSSR count). The number of cyclic esters (lactones) is 1. The quantitative estimate of drug-likeness (QED) is 0.511. The fraction of sp³-hybridized carbons (Fsp3) is 0.900. The molecule has 0 amide bonds. The smallest absolute Gasteiger partial charge is 0.312 e. The standard InChI is InChI=1S/C10H14O2/c1-10-7-3-2-6(4-7)8(10)5-12-9(10)11/h6-8H,2-5H2,1H3. The molecule has 0 aromatic rings. The first-order chi connectivity index (χ1) is 5.73. The summed E-state index contributed by atoms with van der Waals surface area (Å²) < 4.78 is 5.16. The van der Waals surface area contributed by atoms with E-state index in [1.54, 1.807) is 0 Å². The van der Waals surface area contributed by atoms with E-state index in [2.05, 4.69) is 6.92 Å². The van der Waals surface area contributed by atoms with E-state index in [4.69, 9.17) is 4.74 Å². The van der Waals surface area contributed by atoms with Crippen LogP contribution < -0.4 is 0 Å². The molecule has 0 aromatic heterocycles. The monoisotopic (exact) mass is 166 g/mol. The number of hydrogen-bond donors (Lipinski definition) is 0. The summed E-state index contributed by atoms with van der Waals surface area (Å²) in [5.74, 6) is 2.08. The van der Waals surface area contributed by atoms with Gasteiger partial charge in [-0.1, -0.05) is 0 Å². The van der Waals surface area contributed by atoms with Crippen molar-refractivity contribution in [3.05, 3.63) is 0 Å². The molecule has 2 aliphatic carbocycles. The van der Waals surface area contributed by atoms with E-state index in [1.807, 2.05) is 0 Å². The minimum absolute atomic E-state index is 0.0804. The molecule has 1 heterocycles. The van der Waals surface area contributed by atoms with Crippen molar-refractivity contribution in [3.63, 3.8) is 0 Å². The third-order valence-electron chi connectivity index (χ3n) is 4.49. The van der Waals surface area contributed by atoms with Crippen molar-refractivity contribution in [2.24, 2.45) is 23.2 Å². The van der Waals surface area contributed by atoms with Gasteiger partial charge in [-0.3, -0.25) is 4.79 Å². The largest absolute Gasteiger partial charge is 0.465 e. The van der Waals surface area contributed by atoms with Crippen molar-refractivity contribution in [3.8, 4) is 0 Å². The zero-order valence-electron chi connectivity index (χ0n) is 7.38. The molecule has 66 valence electrons. The Morgan fingerprint density at radius 3 is 3.08 bits per heavy atom. The van der Waals surface area contributed by atoms with Crippen molar-refractivity contribution in [2.45, 2.75) is 26.2 Å². The van der Waals surface area contributed by atoms with Gasteiger partial charge in [0, 0.05) is 5.92 Å². The van der Waals surface area contributed by atoms with Crippen LogP contribution in [0.3, 0.4) is 0 Å². The summed E-state index contributed by atoms with van der Waals surface area (Å²) in [5.41, 5.74) is -0.0804. The van der Waals surface area contributed by atoms with Gasteiger partial charge in [-0.2, -0.15) is 0 Å². The zero-order chi connectivity index (χ0) is 8.34. The summed E-state index contributed by atoms with van der Waals surface area (Å²) in [4.78, 5) is 11.5. The highest BCUT2D eigenvalue weighted by atomic mass is 16.5. The summed E-state index contributed by atoms with van der Waals surface area (Å²) in [6.45, 7) is 2.83. The van der Waals surface area contributed by atoms with Crippen molar-refractivity contribution in [1.29, 1.82) is 0 Å². The highest BCUT2D eigenvalue weighted by Crippen LogP contribution is 2.62. The van der Waals surface area contributed by atoms with E-state index in [-0.39, 0.29) is 11.4 Å². The van der Waals surface area contributed by atoms with Gasteiger partial charge in [-0.05, 0) is 38.0 Å². The molecule has 0 aromatic carbocycles. The number of esters is 1. The molecule has 1 saturated heterocycles. The molecular weight excluding hydrogens is 152 g/mol. The second kappa shape index (κ2) is 1.86. The van der Waals surface area contributed by atoms with Crippen LogP contribution in [0.15, 0.2) is 0 Å². The van der Waals surface area contributed by atoms with Gasteiger partial charge in [0.05, 0.1) is 12.0 Å². The predicted octanol–water partition coefficient (Wildman–Crippen LogP) is 1.60. The fourth-order valence-electron chi connectivity index (χ4n) is 3.67. The summed E-state index contributed by atoms with van der Waals surface area (Å²) in [7, 11) is 0. The van der Waals surface area contributed by atoms with E-state index in [9.17, 15) is 4.79 Å². The van der Waals surface area contributed by atoms with Crippen LogP contribution in [-0.4, -0.2) is 12.6 Å². The maximum atomic E-state index is 11.5. The summed E-state index contributed by atoms with van der Waals surface area (Å²) >= 11 is 0. The Bertz CT molecular complexity index is 248. The molecule has 2 bridgehead atoms. The highest BCUT2D eigenvalue weighted by molar-refractivity contribution is 5.80. The van der Waals surface area contributed by atoms with Crippen molar-refractivity contribution in [2.75, 3.05) is 6.61 Å². The van der Waals surface area contributed by atoms with Crippen molar-refractivity contribution >= 4 is 5.97 Å². The molecule has 3 aliphatic rings. The molecule has 0 spiro atoms. The maximum Gasteiger partial charge on any atom is 0.312 e. The number of carbonyl (C=O) groups excluding carboxylic acids is 1. The molecule has 2 nitrogen and oxygen atoms in total. The molecule has 0 radical (unpaired) electrons. The third kappa shape index (κ3) is 0.540. The van der Waals surface area contributed by atoms with Crippen LogP contribution >= 0.6 is 0 Å². The number of rotatable bonds is 0. The minimum atomic E-state index is -0.0804. The zero-order valence-corrected chi connectivity index (χ0v) is 7.38. The summed E-state index contributed by atoms with van der Waals surface area (Å²) in [5, 5.41) is 0. The lowest BCUT2D eigenvalue weighted by atomic mass is 9.69. The lowest BCUT2D eigenvalue weighted by Crippen LogP contribution is -2.35. The predicted molar refractivity (Wildman–Crippen MR) is 43.4 cm³/mol. The van der Waals surface area contributed by atoms with Gasteiger partial charge in [-0.25, -0.2) is 0 Å². The molecule has 4 atom stereocenters. The van der Waals surface area contributed by atoms with Gasteiger partial charge >= 0.3 is 5.97 Å². The average Bonchev–Trinajstić information content (AvgIpc) is 2.65. The normalized spacial score (nSPS) is 55.8. The van der Waals surface area contributed by atoms with Gasteiger partial charge in [-0.15, -0.1) is 0 Å². The minimum Gasteiger partial charge on any atom is -0.465 e. The van der Waals surface area contributed by atoms with Crippen molar-refractivity contribution < 1.29 is 9.53 Å². The van der Waals surface area contributed by atoms with Crippen LogP contribution in [0.2, 0.25) is 0 Å². The van der Waals surface area contributed by atoms with Crippen LogP contribution in [-0.2, 0) is 9.53 Å². The lowest BCUT2D eigenvalue weighted by Gasteiger charge is -2.30.